The van der Waals surface area contributed by atoms with Gasteiger partial charge in [0.25, 0.3) is 0 Å². The average molecular weight is 473 g/mol. The van der Waals surface area contributed by atoms with Crippen LogP contribution in [0.2, 0.25) is 0 Å². The molecule has 182 valence electrons. The van der Waals surface area contributed by atoms with Crippen molar-refractivity contribution in [2.45, 2.75) is 71.9 Å². The minimum Gasteiger partial charge on any atom is -0.340 e. The summed E-state index contributed by atoms with van der Waals surface area (Å²) in [6.45, 7) is 12.4. The van der Waals surface area contributed by atoms with Crippen molar-refractivity contribution in [3.05, 3.63) is 57.0 Å². The van der Waals surface area contributed by atoms with Gasteiger partial charge in [-0.05, 0) is 95.3 Å². The molecule has 0 atom stereocenters. The Hall–Kier alpha value is -3.17. The maximum atomic E-state index is 16.6. The Kier molecular flexibility index (Phi) is 5.93. The second kappa shape index (κ2) is 8.80. The molecule has 35 heavy (non-hydrogen) atoms. The van der Waals surface area contributed by atoms with Gasteiger partial charge in [-0.1, -0.05) is 13.0 Å². The zero-order chi connectivity index (χ0) is 25.0. The Bertz CT molecular complexity index is 1550. The number of pyridine rings is 1. The summed E-state index contributed by atoms with van der Waals surface area (Å²) in [7, 11) is 0. The highest BCUT2D eigenvalue weighted by atomic mass is 19.1. The Morgan fingerprint density at radius 1 is 1.11 bits per heavy atom. The summed E-state index contributed by atoms with van der Waals surface area (Å²) in [5.74, 6) is -0.0944. The van der Waals surface area contributed by atoms with Gasteiger partial charge in [0.15, 0.2) is 11.2 Å². The average Bonchev–Trinajstić information content (AvgIpc) is 3.22. The SMILES string of the molecule is CCc1cc2c(=O)c3c4ccc(C#N)cc4[nH]c3n(C(C)C)c2c(F)c1C1CCN(C(C)C)CC1. The third kappa shape index (κ3) is 3.65. The topological polar surface area (TPSA) is 64.8 Å². The van der Waals surface area contributed by atoms with E-state index in [2.05, 4.69) is 29.8 Å². The van der Waals surface area contributed by atoms with E-state index in [1.807, 2.05) is 37.5 Å². The highest BCUT2D eigenvalue weighted by molar-refractivity contribution is 6.10. The van der Waals surface area contributed by atoms with Crippen molar-refractivity contribution in [1.82, 2.24) is 14.5 Å². The molecule has 2 aromatic heterocycles. The number of halogens is 1. The highest BCUT2D eigenvalue weighted by Gasteiger charge is 2.29. The number of fused-ring (bicyclic) bond motifs is 4. The van der Waals surface area contributed by atoms with Gasteiger partial charge in [0.05, 0.1) is 22.5 Å². The van der Waals surface area contributed by atoms with Crippen molar-refractivity contribution < 1.29 is 4.39 Å². The number of hydrogen-bond donors (Lipinski definition) is 1. The van der Waals surface area contributed by atoms with Crippen molar-refractivity contribution in [2.24, 2.45) is 0 Å². The smallest absolute Gasteiger partial charge is 0.199 e. The predicted octanol–water partition coefficient (Wildman–Crippen LogP) is 6.38. The van der Waals surface area contributed by atoms with Gasteiger partial charge in [-0.25, -0.2) is 4.39 Å². The molecule has 0 spiro atoms. The number of nitriles is 1. The van der Waals surface area contributed by atoms with Crippen LogP contribution in [0.1, 0.15) is 76.1 Å². The van der Waals surface area contributed by atoms with Crippen LogP contribution in [0.15, 0.2) is 29.1 Å². The van der Waals surface area contributed by atoms with E-state index in [1.165, 1.54) is 0 Å². The van der Waals surface area contributed by atoms with Gasteiger partial charge in [0.1, 0.15) is 5.65 Å². The molecule has 5 nitrogen and oxygen atoms in total. The van der Waals surface area contributed by atoms with Gasteiger partial charge >= 0.3 is 0 Å². The van der Waals surface area contributed by atoms with Crippen LogP contribution in [-0.2, 0) is 6.42 Å². The third-order valence-electron chi connectivity index (χ3n) is 7.79. The normalized spacial score (nSPS) is 15.7. The number of nitrogens with one attached hydrogen (secondary N) is 1. The molecule has 0 saturated carbocycles. The van der Waals surface area contributed by atoms with Gasteiger partial charge < -0.3 is 14.5 Å². The predicted molar refractivity (Wildman–Crippen MR) is 141 cm³/mol. The number of hydrogen-bond acceptors (Lipinski definition) is 3. The molecule has 0 unspecified atom stereocenters. The molecule has 0 amide bonds. The van der Waals surface area contributed by atoms with Crippen LogP contribution in [0, 0.1) is 17.1 Å². The molecule has 5 rings (SSSR count). The number of rotatable bonds is 4. The highest BCUT2D eigenvalue weighted by Crippen LogP contribution is 2.38. The summed E-state index contributed by atoms with van der Waals surface area (Å²) in [6.07, 6.45) is 2.53. The van der Waals surface area contributed by atoms with Gasteiger partial charge in [0.2, 0.25) is 0 Å². The lowest BCUT2D eigenvalue weighted by Crippen LogP contribution is -2.38. The van der Waals surface area contributed by atoms with Crippen LogP contribution in [0.4, 0.5) is 4.39 Å². The summed E-state index contributed by atoms with van der Waals surface area (Å²) in [5.41, 5.74) is 3.83. The third-order valence-corrected chi connectivity index (χ3v) is 7.79. The van der Waals surface area contributed by atoms with Crippen molar-refractivity contribution in [1.29, 1.82) is 5.26 Å². The number of piperidine rings is 1. The molecule has 1 aliphatic heterocycles. The fourth-order valence-electron chi connectivity index (χ4n) is 5.98. The second-order valence-corrected chi connectivity index (χ2v) is 10.4. The lowest BCUT2D eigenvalue weighted by molar-refractivity contribution is 0.170. The standard InChI is InChI=1S/C29H33FN4O/c1-6-19-14-22-27(26(30)24(19)20-9-11-33(12-10-20)16(2)3)34(17(4)5)29-25(28(22)35)21-8-7-18(15-31)13-23(21)32-29/h7-8,13-14,16-17,20,32H,6,9-12H2,1-5H3. The fourth-order valence-corrected chi connectivity index (χ4v) is 5.98. The summed E-state index contributed by atoms with van der Waals surface area (Å²) < 4.78 is 18.6. The number of benzene rings is 2. The molecular formula is C29H33FN4O. The monoisotopic (exact) mass is 472 g/mol. The molecule has 2 aromatic carbocycles. The van der Waals surface area contributed by atoms with Crippen LogP contribution >= 0.6 is 0 Å². The molecule has 6 heteroatoms. The van der Waals surface area contributed by atoms with Gasteiger partial charge in [0, 0.05) is 28.4 Å². The zero-order valence-corrected chi connectivity index (χ0v) is 21.2. The summed E-state index contributed by atoms with van der Waals surface area (Å²) >= 11 is 0. The minimum absolute atomic E-state index is 0.0679. The molecule has 3 heterocycles. The Morgan fingerprint density at radius 3 is 2.43 bits per heavy atom. The maximum absolute atomic E-state index is 16.6. The molecule has 4 aromatic rings. The molecule has 1 aliphatic rings. The van der Waals surface area contributed by atoms with Crippen LogP contribution in [0.5, 0.6) is 0 Å². The quantitative estimate of drug-likeness (QED) is 0.375. The first kappa shape index (κ1) is 23.6. The molecule has 0 aliphatic carbocycles. The number of aromatic nitrogens is 2. The first-order valence-electron chi connectivity index (χ1n) is 12.8. The molecule has 1 fully saturated rings. The molecule has 1 saturated heterocycles. The summed E-state index contributed by atoms with van der Waals surface area (Å²) in [6, 6.07) is 9.83. The van der Waals surface area contributed by atoms with Crippen molar-refractivity contribution in [3.8, 4) is 6.07 Å². The van der Waals surface area contributed by atoms with E-state index in [1.54, 1.807) is 12.1 Å². The number of nitrogens with zero attached hydrogens (tertiary/aromatic N) is 3. The lowest BCUT2D eigenvalue weighted by Gasteiger charge is -2.35. The fraction of sp³-hybridized carbons (Fsp3) is 0.448. The first-order chi connectivity index (χ1) is 16.8. The van der Waals surface area contributed by atoms with E-state index in [9.17, 15) is 10.1 Å². The van der Waals surface area contributed by atoms with Crippen LogP contribution < -0.4 is 5.43 Å². The Labute approximate surface area is 205 Å². The first-order valence-corrected chi connectivity index (χ1v) is 12.8. The van der Waals surface area contributed by atoms with Crippen molar-refractivity contribution in [2.75, 3.05) is 13.1 Å². The summed E-state index contributed by atoms with van der Waals surface area (Å²) in [5, 5.41) is 11.1. The maximum Gasteiger partial charge on any atom is 0.199 e. The van der Waals surface area contributed by atoms with Crippen LogP contribution in [0.25, 0.3) is 32.8 Å². The van der Waals surface area contributed by atoms with Gasteiger partial charge in [-0.2, -0.15) is 5.26 Å². The van der Waals surface area contributed by atoms with Crippen molar-refractivity contribution >= 4 is 32.8 Å². The zero-order valence-electron chi connectivity index (χ0n) is 21.2. The number of likely N-dealkylation sites (tertiary alicyclic amines) is 1. The van der Waals surface area contributed by atoms with E-state index in [4.69, 9.17) is 0 Å². The number of aryl methyl sites for hydroxylation is 1. The largest absolute Gasteiger partial charge is 0.340 e. The van der Waals surface area contributed by atoms with E-state index < -0.39 is 0 Å². The van der Waals surface area contributed by atoms with Gasteiger partial charge in [-0.3, -0.25) is 4.79 Å². The van der Waals surface area contributed by atoms with E-state index in [0.717, 1.165) is 48.0 Å². The Morgan fingerprint density at radius 2 is 1.83 bits per heavy atom. The molecule has 0 radical (unpaired) electrons. The van der Waals surface area contributed by atoms with E-state index in [0.29, 0.717) is 40.0 Å². The molecular weight excluding hydrogens is 439 g/mol. The number of aromatic amines is 1. The number of H-pyrrole nitrogens is 1. The van der Waals surface area contributed by atoms with Gasteiger partial charge in [-0.15, -0.1) is 0 Å². The van der Waals surface area contributed by atoms with Crippen LogP contribution in [-0.4, -0.2) is 33.6 Å². The Balaban J connectivity index is 1.83. The van der Waals surface area contributed by atoms with Crippen molar-refractivity contribution in [3.63, 3.8) is 0 Å². The lowest BCUT2D eigenvalue weighted by atomic mass is 9.84. The molecule has 1 N–H and O–H groups in total. The minimum atomic E-state index is -0.244. The van der Waals surface area contributed by atoms with E-state index in [-0.39, 0.29) is 23.2 Å². The van der Waals surface area contributed by atoms with E-state index >= 15 is 4.39 Å². The second-order valence-electron chi connectivity index (χ2n) is 10.4. The van der Waals surface area contributed by atoms with Crippen LogP contribution in [0.3, 0.4) is 0 Å². The summed E-state index contributed by atoms with van der Waals surface area (Å²) in [4.78, 5) is 19.6. The molecule has 0 bridgehead atoms.